The third-order valence-corrected chi connectivity index (χ3v) is 3.11. The Morgan fingerprint density at radius 2 is 2.25 bits per heavy atom. The number of nitrogens with one attached hydrogen (secondary N) is 1. The van der Waals surface area contributed by atoms with E-state index in [-0.39, 0.29) is 17.7 Å². The highest BCUT2D eigenvalue weighted by Crippen LogP contribution is 2.47. The fourth-order valence-electron chi connectivity index (χ4n) is 2.14. The molecule has 4 heteroatoms. The largest absolute Gasteiger partial charge is 0.481 e. The van der Waals surface area contributed by atoms with Gasteiger partial charge in [0, 0.05) is 22.5 Å². The van der Waals surface area contributed by atoms with Gasteiger partial charge in [-0.2, -0.15) is 0 Å². The molecular formula is C12H10FNO2. The average molecular weight is 219 g/mol. The van der Waals surface area contributed by atoms with Crippen LogP contribution in [0.4, 0.5) is 4.39 Å². The monoisotopic (exact) mass is 219 g/mol. The van der Waals surface area contributed by atoms with Crippen LogP contribution in [0.25, 0.3) is 10.9 Å². The zero-order valence-corrected chi connectivity index (χ0v) is 8.40. The first-order chi connectivity index (χ1) is 7.65. The van der Waals surface area contributed by atoms with Gasteiger partial charge in [-0.3, -0.25) is 4.79 Å². The minimum Gasteiger partial charge on any atom is -0.481 e. The van der Waals surface area contributed by atoms with Crippen molar-refractivity contribution >= 4 is 16.9 Å². The second-order valence-electron chi connectivity index (χ2n) is 4.24. The number of fused-ring (bicyclic) bond motifs is 1. The summed E-state index contributed by atoms with van der Waals surface area (Å²) in [5, 5.41) is 9.63. The van der Waals surface area contributed by atoms with Gasteiger partial charge in [0.1, 0.15) is 5.82 Å². The maximum absolute atomic E-state index is 13.0. The average Bonchev–Trinajstić information content (AvgIpc) is 2.93. The van der Waals surface area contributed by atoms with Gasteiger partial charge < -0.3 is 10.1 Å². The van der Waals surface area contributed by atoms with Crippen molar-refractivity contribution < 1.29 is 14.3 Å². The number of aromatic amines is 1. The lowest BCUT2D eigenvalue weighted by molar-refractivity contribution is -0.138. The molecule has 0 radical (unpaired) electrons. The molecule has 1 aliphatic rings. The second-order valence-corrected chi connectivity index (χ2v) is 4.24. The number of halogens is 1. The van der Waals surface area contributed by atoms with E-state index in [0.717, 1.165) is 16.6 Å². The van der Waals surface area contributed by atoms with Crippen LogP contribution >= 0.6 is 0 Å². The smallest absolute Gasteiger partial charge is 0.307 e. The molecule has 1 aromatic heterocycles. The first-order valence-electron chi connectivity index (χ1n) is 5.16. The number of hydrogen-bond acceptors (Lipinski definition) is 1. The Labute approximate surface area is 90.9 Å². The molecular weight excluding hydrogens is 209 g/mol. The molecule has 1 fully saturated rings. The topological polar surface area (TPSA) is 53.1 Å². The highest BCUT2D eigenvalue weighted by atomic mass is 19.1. The van der Waals surface area contributed by atoms with Crippen molar-refractivity contribution in [1.82, 2.24) is 4.98 Å². The van der Waals surface area contributed by atoms with E-state index in [1.807, 2.05) is 6.07 Å². The van der Waals surface area contributed by atoms with Gasteiger partial charge in [0.2, 0.25) is 0 Å². The molecule has 0 bridgehead atoms. The molecule has 16 heavy (non-hydrogen) atoms. The second kappa shape index (κ2) is 3.07. The zero-order valence-electron chi connectivity index (χ0n) is 8.40. The van der Waals surface area contributed by atoms with E-state index in [2.05, 4.69) is 4.98 Å². The summed E-state index contributed by atoms with van der Waals surface area (Å²) in [6, 6.07) is 6.36. The summed E-state index contributed by atoms with van der Waals surface area (Å²) in [5.74, 6) is -1.25. The molecule has 2 N–H and O–H groups in total. The Morgan fingerprint density at radius 3 is 2.94 bits per heavy atom. The van der Waals surface area contributed by atoms with Crippen LogP contribution in [0.2, 0.25) is 0 Å². The fraction of sp³-hybridized carbons (Fsp3) is 0.250. The molecule has 0 aliphatic heterocycles. The normalized spacial score (nSPS) is 23.6. The number of carboxylic acids is 1. The Balaban J connectivity index is 1.98. The molecule has 3 nitrogen and oxygen atoms in total. The van der Waals surface area contributed by atoms with Gasteiger partial charge in [0.05, 0.1) is 5.92 Å². The SMILES string of the molecule is O=C(O)C1C[C@H]1c1cc2cc(F)ccc2[nH]1. The van der Waals surface area contributed by atoms with Crippen LogP contribution in [0.3, 0.4) is 0 Å². The van der Waals surface area contributed by atoms with E-state index in [9.17, 15) is 9.18 Å². The van der Waals surface area contributed by atoms with Crippen molar-refractivity contribution in [1.29, 1.82) is 0 Å². The first-order valence-corrected chi connectivity index (χ1v) is 5.16. The van der Waals surface area contributed by atoms with E-state index >= 15 is 0 Å². The molecule has 0 saturated heterocycles. The fourth-order valence-corrected chi connectivity index (χ4v) is 2.14. The summed E-state index contributed by atoms with van der Waals surface area (Å²) in [6.45, 7) is 0. The number of rotatable bonds is 2. The Morgan fingerprint density at radius 1 is 1.44 bits per heavy atom. The van der Waals surface area contributed by atoms with Gasteiger partial charge in [-0.1, -0.05) is 0 Å². The van der Waals surface area contributed by atoms with Crippen LogP contribution < -0.4 is 0 Å². The maximum Gasteiger partial charge on any atom is 0.307 e. The van der Waals surface area contributed by atoms with E-state index < -0.39 is 5.97 Å². The van der Waals surface area contributed by atoms with Gasteiger partial charge in [0.25, 0.3) is 0 Å². The summed E-state index contributed by atoms with van der Waals surface area (Å²) < 4.78 is 13.0. The van der Waals surface area contributed by atoms with Gasteiger partial charge in [0.15, 0.2) is 0 Å². The van der Waals surface area contributed by atoms with E-state index in [4.69, 9.17) is 5.11 Å². The quantitative estimate of drug-likeness (QED) is 0.815. The molecule has 0 amide bonds. The summed E-state index contributed by atoms with van der Waals surface area (Å²) in [6.07, 6.45) is 0.671. The van der Waals surface area contributed by atoms with Crippen LogP contribution in [-0.4, -0.2) is 16.1 Å². The van der Waals surface area contributed by atoms with Gasteiger partial charge in [-0.25, -0.2) is 4.39 Å². The number of aliphatic carboxylic acids is 1. The Kier molecular flexibility index (Phi) is 1.80. The third-order valence-electron chi connectivity index (χ3n) is 3.11. The lowest BCUT2D eigenvalue weighted by Crippen LogP contribution is -1.98. The number of H-pyrrole nitrogens is 1. The van der Waals surface area contributed by atoms with Crippen molar-refractivity contribution in [2.75, 3.05) is 0 Å². The maximum atomic E-state index is 13.0. The molecule has 3 rings (SSSR count). The van der Waals surface area contributed by atoms with E-state index in [0.29, 0.717) is 6.42 Å². The highest BCUT2D eigenvalue weighted by molar-refractivity contribution is 5.82. The lowest BCUT2D eigenvalue weighted by Gasteiger charge is -1.91. The van der Waals surface area contributed by atoms with Crippen LogP contribution in [0, 0.1) is 11.7 Å². The molecule has 1 unspecified atom stereocenters. The predicted molar refractivity (Wildman–Crippen MR) is 56.7 cm³/mol. The number of hydrogen-bond donors (Lipinski definition) is 2. The summed E-state index contributed by atoms with van der Waals surface area (Å²) in [4.78, 5) is 13.9. The van der Waals surface area contributed by atoms with Crippen molar-refractivity contribution in [2.45, 2.75) is 12.3 Å². The number of carbonyl (C=O) groups is 1. The number of aromatic nitrogens is 1. The molecule has 0 spiro atoms. The lowest BCUT2D eigenvalue weighted by atomic mass is 10.2. The van der Waals surface area contributed by atoms with Crippen molar-refractivity contribution in [3.8, 4) is 0 Å². The summed E-state index contributed by atoms with van der Waals surface area (Å²) in [5.41, 5.74) is 1.75. The summed E-state index contributed by atoms with van der Waals surface area (Å²) >= 11 is 0. The van der Waals surface area contributed by atoms with Crippen molar-refractivity contribution in [3.05, 3.63) is 35.8 Å². The standard InChI is InChI=1S/C12H10FNO2/c13-7-1-2-10-6(3-7)4-11(14-10)8-5-9(8)12(15)16/h1-4,8-9,14H,5H2,(H,15,16)/t8-,9?/m1/s1. The summed E-state index contributed by atoms with van der Waals surface area (Å²) in [7, 11) is 0. The predicted octanol–water partition coefficient (Wildman–Crippen LogP) is 2.50. The zero-order chi connectivity index (χ0) is 11.3. The third kappa shape index (κ3) is 1.38. The number of carboxylic acid groups (broad SMARTS) is 1. The van der Waals surface area contributed by atoms with Crippen LogP contribution in [-0.2, 0) is 4.79 Å². The molecule has 1 heterocycles. The van der Waals surface area contributed by atoms with E-state index in [1.54, 1.807) is 6.07 Å². The molecule has 1 saturated carbocycles. The molecule has 1 aromatic carbocycles. The van der Waals surface area contributed by atoms with Crippen molar-refractivity contribution in [2.24, 2.45) is 5.92 Å². The Bertz CT molecular complexity index is 575. The molecule has 2 atom stereocenters. The van der Waals surface area contributed by atoms with Gasteiger partial charge in [-0.05, 0) is 30.7 Å². The van der Waals surface area contributed by atoms with Crippen LogP contribution in [0.5, 0.6) is 0 Å². The number of benzene rings is 1. The molecule has 2 aromatic rings. The Hall–Kier alpha value is -1.84. The van der Waals surface area contributed by atoms with Crippen LogP contribution in [0.15, 0.2) is 24.3 Å². The van der Waals surface area contributed by atoms with Gasteiger partial charge in [-0.15, -0.1) is 0 Å². The van der Waals surface area contributed by atoms with Crippen LogP contribution in [0.1, 0.15) is 18.0 Å². The van der Waals surface area contributed by atoms with Crippen molar-refractivity contribution in [3.63, 3.8) is 0 Å². The highest BCUT2D eigenvalue weighted by Gasteiger charge is 2.45. The first kappa shape index (κ1) is 9.39. The van der Waals surface area contributed by atoms with Gasteiger partial charge >= 0.3 is 5.97 Å². The minimum atomic E-state index is -0.755. The van der Waals surface area contributed by atoms with E-state index in [1.165, 1.54) is 12.1 Å². The molecule has 1 aliphatic carbocycles. The molecule has 82 valence electrons. The minimum absolute atomic E-state index is 0.0629.